The molecule has 5 nitrogen and oxygen atoms in total. The van der Waals surface area contributed by atoms with Gasteiger partial charge in [0.25, 0.3) is 10.0 Å². The zero-order valence-corrected chi connectivity index (χ0v) is 18.2. The zero-order chi connectivity index (χ0) is 20.0. The number of hydrogen-bond donors (Lipinski definition) is 1. The van der Waals surface area contributed by atoms with Gasteiger partial charge in [-0.25, -0.2) is 8.42 Å². The smallest absolute Gasteiger partial charge is 0.264 e. The maximum absolute atomic E-state index is 13.2. The first-order valence-electron chi connectivity index (χ1n) is 8.88. The van der Waals surface area contributed by atoms with Crippen LogP contribution in [0, 0.1) is 6.92 Å². The first kappa shape index (κ1) is 21.4. The van der Waals surface area contributed by atoms with Gasteiger partial charge in [0, 0.05) is 10.5 Å². The molecule has 0 heterocycles. The van der Waals surface area contributed by atoms with Gasteiger partial charge in [-0.15, -0.1) is 0 Å². The summed E-state index contributed by atoms with van der Waals surface area (Å²) in [5, 5.41) is 2.87. The fraction of sp³-hybridized carbons (Fsp3) is 0.350. The van der Waals surface area contributed by atoms with Gasteiger partial charge in [0.1, 0.15) is 6.54 Å². The lowest BCUT2D eigenvalue weighted by Crippen LogP contribution is -2.43. The number of halogens is 1. The fourth-order valence-electron chi connectivity index (χ4n) is 2.72. The number of sulfonamides is 1. The van der Waals surface area contributed by atoms with Crippen molar-refractivity contribution in [3.05, 3.63) is 58.6 Å². The Bertz CT molecular complexity index is 865. The van der Waals surface area contributed by atoms with Gasteiger partial charge >= 0.3 is 0 Å². The molecule has 0 fully saturated rings. The lowest BCUT2D eigenvalue weighted by molar-refractivity contribution is -0.120. The number of amides is 1. The van der Waals surface area contributed by atoms with E-state index in [0.29, 0.717) is 5.69 Å². The lowest BCUT2D eigenvalue weighted by atomic mass is 10.2. The highest BCUT2D eigenvalue weighted by Crippen LogP contribution is 2.25. The molecule has 0 unspecified atom stereocenters. The van der Waals surface area contributed by atoms with Gasteiger partial charge in [-0.3, -0.25) is 9.10 Å². The van der Waals surface area contributed by atoms with Crippen LogP contribution in [0.4, 0.5) is 5.69 Å². The highest BCUT2D eigenvalue weighted by atomic mass is 79.9. The summed E-state index contributed by atoms with van der Waals surface area (Å²) in [5.41, 5.74) is 1.41. The van der Waals surface area contributed by atoms with Crippen LogP contribution in [0.15, 0.2) is 57.9 Å². The van der Waals surface area contributed by atoms with E-state index in [1.807, 2.05) is 20.8 Å². The summed E-state index contributed by atoms with van der Waals surface area (Å²) in [5.74, 6) is -0.324. The molecule has 2 aromatic carbocycles. The van der Waals surface area contributed by atoms with Crippen molar-refractivity contribution in [2.24, 2.45) is 0 Å². The molecule has 0 aliphatic carbocycles. The van der Waals surface area contributed by atoms with E-state index in [2.05, 4.69) is 21.2 Å². The van der Waals surface area contributed by atoms with Crippen LogP contribution in [-0.4, -0.2) is 26.9 Å². The third-order valence-electron chi connectivity index (χ3n) is 4.14. The largest absolute Gasteiger partial charge is 0.352 e. The van der Waals surface area contributed by atoms with Crippen LogP contribution in [-0.2, 0) is 14.8 Å². The molecule has 1 atom stereocenters. The second-order valence-corrected chi connectivity index (χ2v) is 9.34. The number of rotatable bonds is 8. The Hall–Kier alpha value is -1.86. The van der Waals surface area contributed by atoms with E-state index in [9.17, 15) is 13.2 Å². The molecule has 2 rings (SSSR count). The Labute approximate surface area is 170 Å². The van der Waals surface area contributed by atoms with Gasteiger partial charge in [0.05, 0.1) is 10.6 Å². The summed E-state index contributed by atoms with van der Waals surface area (Å²) in [6.07, 6.45) is 1.79. The Balaban J connectivity index is 2.36. The van der Waals surface area contributed by atoms with Crippen molar-refractivity contribution in [2.45, 2.75) is 44.6 Å². The molecule has 0 aliphatic rings. The summed E-state index contributed by atoms with van der Waals surface area (Å²) >= 11 is 3.35. The highest BCUT2D eigenvalue weighted by molar-refractivity contribution is 9.10. The molecular formula is C20H25BrN2O3S. The van der Waals surface area contributed by atoms with Crippen molar-refractivity contribution in [3.63, 3.8) is 0 Å². The molecule has 0 bridgehead atoms. The SMILES string of the molecule is CCC[C@H](C)NC(=O)CN(c1ccc(Br)cc1)S(=O)(=O)c1ccc(C)cc1. The minimum atomic E-state index is -3.87. The second kappa shape index (κ2) is 9.37. The van der Waals surface area contributed by atoms with Gasteiger partial charge in [-0.2, -0.15) is 0 Å². The molecule has 0 saturated carbocycles. The number of aryl methyl sites for hydroxylation is 1. The fourth-order valence-corrected chi connectivity index (χ4v) is 4.40. The van der Waals surface area contributed by atoms with E-state index in [-0.39, 0.29) is 23.4 Å². The Morgan fingerprint density at radius 2 is 1.70 bits per heavy atom. The van der Waals surface area contributed by atoms with E-state index >= 15 is 0 Å². The van der Waals surface area contributed by atoms with Crippen molar-refractivity contribution in [1.82, 2.24) is 5.32 Å². The number of anilines is 1. The average molecular weight is 453 g/mol. The summed E-state index contributed by atoms with van der Waals surface area (Å²) in [7, 11) is -3.87. The lowest BCUT2D eigenvalue weighted by Gasteiger charge is -2.25. The van der Waals surface area contributed by atoms with Gasteiger partial charge in [0.15, 0.2) is 0 Å². The molecule has 0 radical (unpaired) electrons. The highest BCUT2D eigenvalue weighted by Gasteiger charge is 2.27. The predicted octanol–water partition coefficient (Wildman–Crippen LogP) is 4.26. The number of nitrogens with one attached hydrogen (secondary N) is 1. The van der Waals surface area contributed by atoms with E-state index in [0.717, 1.165) is 27.2 Å². The molecule has 0 aliphatic heterocycles. The number of benzene rings is 2. The first-order chi connectivity index (χ1) is 12.7. The molecule has 2 aromatic rings. The van der Waals surface area contributed by atoms with Crippen LogP contribution >= 0.6 is 15.9 Å². The van der Waals surface area contributed by atoms with Crippen molar-refractivity contribution >= 4 is 37.5 Å². The van der Waals surface area contributed by atoms with Crippen LogP contribution in [0.1, 0.15) is 32.3 Å². The zero-order valence-electron chi connectivity index (χ0n) is 15.8. The summed E-state index contributed by atoms with van der Waals surface area (Å²) in [6.45, 7) is 5.58. The Morgan fingerprint density at radius 1 is 1.11 bits per heavy atom. The number of hydrogen-bond acceptors (Lipinski definition) is 3. The third kappa shape index (κ3) is 5.81. The molecule has 0 spiro atoms. The molecule has 27 heavy (non-hydrogen) atoms. The molecule has 0 saturated heterocycles. The summed E-state index contributed by atoms with van der Waals surface area (Å²) < 4.78 is 28.4. The molecule has 1 amide bonds. The number of carbonyl (C=O) groups excluding carboxylic acids is 1. The number of nitrogens with zero attached hydrogens (tertiary/aromatic N) is 1. The topological polar surface area (TPSA) is 66.5 Å². The monoisotopic (exact) mass is 452 g/mol. The van der Waals surface area contributed by atoms with Crippen LogP contribution < -0.4 is 9.62 Å². The molecule has 1 N–H and O–H groups in total. The Kier molecular flexibility index (Phi) is 7.44. The van der Waals surface area contributed by atoms with Gasteiger partial charge in [-0.05, 0) is 56.7 Å². The van der Waals surface area contributed by atoms with Crippen LogP contribution in [0.25, 0.3) is 0 Å². The summed E-state index contributed by atoms with van der Waals surface area (Å²) in [6, 6.07) is 13.5. The first-order valence-corrected chi connectivity index (χ1v) is 11.1. The van der Waals surface area contributed by atoms with Crippen molar-refractivity contribution < 1.29 is 13.2 Å². The normalized spacial score (nSPS) is 12.4. The maximum Gasteiger partial charge on any atom is 0.264 e. The van der Waals surface area contributed by atoms with Crippen molar-refractivity contribution in [3.8, 4) is 0 Å². The van der Waals surface area contributed by atoms with E-state index < -0.39 is 10.0 Å². The van der Waals surface area contributed by atoms with E-state index in [4.69, 9.17) is 0 Å². The minimum Gasteiger partial charge on any atom is -0.352 e. The van der Waals surface area contributed by atoms with Gasteiger partial charge in [-0.1, -0.05) is 47.0 Å². The average Bonchev–Trinajstić information content (AvgIpc) is 2.61. The number of carbonyl (C=O) groups is 1. The molecule has 7 heteroatoms. The molecule has 0 aromatic heterocycles. The maximum atomic E-state index is 13.2. The molecular weight excluding hydrogens is 428 g/mol. The third-order valence-corrected chi connectivity index (χ3v) is 6.46. The van der Waals surface area contributed by atoms with Crippen molar-refractivity contribution in [1.29, 1.82) is 0 Å². The second-order valence-electron chi connectivity index (χ2n) is 6.56. The standard InChI is InChI=1S/C20H25BrN2O3S/c1-4-5-16(3)22-20(24)14-23(18-10-8-17(21)9-11-18)27(25,26)19-12-6-15(2)7-13-19/h6-13,16H,4-5,14H2,1-3H3,(H,22,24)/t16-/m0/s1. The van der Waals surface area contributed by atoms with E-state index in [1.165, 1.54) is 0 Å². The minimum absolute atomic E-state index is 0.00338. The Morgan fingerprint density at radius 3 is 2.26 bits per heavy atom. The van der Waals surface area contributed by atoms with Gasteiger partial charge < -0.3 is 5.32 Å². The van der Waals surface area contributed by atoms with Gasteiger partial charge in [0.2, 0.25) is 5.91 Å². The molecule has 146 valence electrons. The van der Waals surface area contributed by atoms with Crippen molar-refractivity contribution in [2.75, 3.05) is 10.8 Å². The quantitative estimate of drug-likeness (QED) is 0.650. The summed E-state index contributed by atoms with van der Waals surface area (Å²) in [4.78, 5) is 12.6. The predicted molar refractivity (Wildman–Crippen MR) is 112 cm³/mol. The van der Waals surface area contributed by atoms with Crippen LogP contribution in [0.2, 0.25) is 0 Å². The van der Waals surface area contributed by atoms with Crippen LogP contribution in [0.3, 0.4) is 0 Å². The van der Waals surface area contributed by atoms with E-state index in [1.54, 1.807) is 48.5 Å². The van der Waals surface area contributed by atoms with Crippen LogP contribution in [0.5, 0.6) is 0 Å².